The van der Waals surface area contributed by atoms with E-state index in [9.17, 15) is 4.79 Å². The van der Waals surface area contributed by atoms with Gasteiger partial charge in [0.05, 0.1) is 21.6 Å². The van der Waals surface area contributed by atoms with Crippen molar-refractivity contribution in [3.8, 4) is 5.69 Å². The van der Waals surface area contributed by atoms with E-state index in [1.807, 2.05) is 0 Å². The van der Waals surface area contributed by atoms with Crippen molar-refractivity contribution in [1.82, 2.24) is 14.5 Å². The first-order valence-electron chi connectivity index (χ1n) is 6.97. The first kappa shape index (κ1) is 15.3. The van der Waals surface area contributed by atoms with Crippen LogP contribution < -0.4 is 5.56 Å². The predicted molar refractivity (Wildman–Crippen MR) is 101 cm³/mol. The van der Waals surface area contributed by atoms with Gasteiger partial charge in [0.1, 0.15) is 15.9 Å². The molecule has 0 atom stereocenters. The number of fused-ring (bicyclic) bond motifs is 3. The highest BCUT2D eigenvalue weighted by Gasteiger charge is 2.17. The number of hydrogen-bond donors (Lipinski definition) is 0. The largest absolute Gasteiger partial charge is 0.275 e. The average Bonchev–Trinajstić information content (AvgIpc) is 2.97. The Morgan fingerprint density at radius 2 is 1.92 bits per heavy atom. The minimum absolute atomic E-state index is 0.165. The van der Waals surface area contributed by atoms with Gasteiger partial charge in [-0.1, -0.05) is 35.9 Å². The zero-order valence-electron chi connectivity index (χ0n) is 12.2. The van der Waals surface area contributed by atoms with E-state index in [1.54, 1.807) is 36.5 Å². The van der Waals surface area contributed by atoms with E-state index >= 15 is 0 Å². The van der Waals surface area contributed by atoms with E-state index in [2.05, 4.69) is 16.5 Å². The van der Waals surface area contributed by atoms with Crippen LogP contribution in [0.25, 0.3) is 32.2 Å². The molecule has 0 amide bonds. The Hall–Kier alpha value is -2.21. The van der Waals surface area contributed by atoms with E-state index in [1.165, 1.54) is 22.2 Å². The first-order valence-corrected chi connectivity index (χ1v) is 8.54. The third-order valence-corrected chi connectivity index (χ3v) is 5.43. The smallest absolute Gasteiger partial charge is 0.267 e. The second kappa shape index (κ2) is 5.70. The van der Waals surface area contributed by atoms with Gasteiger partial charge in [0.25, 0.3) is 5.56 Å². The van der Waals surface area contributed by atoms with E-state index in [-0.39, 0.29) is 5.56 Å². The Balaban J connectivity index is 2.05. The molecule has 0 aliphatic carbocycles. The number of rotatable bonds is 2. The van der Waals surface area contributed by atoms with Crippen molar-refractivity contribution in [3.05, 3.63) is 69.3 Å². The summed E-state index contributed by atoms with van der Waals surface area (Å²) in [6.45, 7) is 3.72. The predicted octanol–water partition coefficient (Wildman–Crippen LogP) is 4.95. The first-order chi connectivity index (χ1) is 11.6. The topological polar surface area (TPSA) is 47.8 Å². The SMILES string of the molecule is C=Cc1cnc2sc3c(=O)n(-c4ccc(Cl)cc4)cnc3c2c1Cl. The third-order valence-electron chi connectivity index (χ3n) is 3.70. The van der Waals surface area contributed by atoms with Gasteiger partial charge in [0.2, 0.25) is 0 Å². The maximum atomic E-state index is 12.9. The summed E-state index contributed by atoms with van der Waals surface area (Å²) >= 11 is 13.6. The number of nitrogens with zero attached hydrogens (tertiary/aromatic N) is 3. The van der Waals surface area contributed by atoms with Crippen molar-refractivity contribution in [2.75, 3.05) is 0 Å². The molecule has 3 aromatic heterocycles. The Morgan fingerprint density at radius 1 is 1.17 bits per heavy atom. The molecule has 118 valence electrons. The Morgan fingerprint density at radius 3 is 2.62 bits per heavy atom. The molecule has 24 heavy (non-hydrogen) atoms. The van der Waals surface area contributed by atoms with Crippen LogP contribution in [0, 0.1) is 0 Å². The lowest BCUT2D eigenvalue weighted by Crippen LogP contribution is -2.17. The fourth-order valence-electron chi connectivity index (χ4n) is 2.50. The fraction of sp³-hybridized carbons (Fsp3) is 0. The summed E-state index contributed by atoms with van der Waals surface area (Å²) in [7, 11) is 0. The van der Waals surface area contributed by atoms with Crippen LogP contribution in [0.1, 0.15) is 5.56 Å². The van der Waals surface area contributed by atoms with Gasteiger partial charge in [0, 0.05) is 16.8 Å². The highest BCUT2D eigenvalue weighted by Crippen LogP contribution is 2.36. The molecule has 7 heteroatoms. The number of aromatic nitrogens is 3. The van der Waals surface area contributed by atoms with Crippen LogP contribution in [0.4, 0.5) is 0 Å². The van der Waals surface area contributed by atoms with E-state index in [0.717, 1.165) is 0 Å². The van der Waals surface area contributed by atoms with Crippen molar-refractivity contribution < 1.29 is 0 Å². The van der Waals surface area contributed by atoms with Gasteiger partial charge in [-0.15, -0.1) is 11.3 Å². The molecule has 0 saturated heterocycles. The van der Waals surface area contributed by atoms with Crippen LogP contribution >= 0.6 is 34.5 Å². The molecule has 0 N–H and O–H groups in total. The fourth-order valence-corrected chi connectivity index (χ4v) is 4.03. The minimum atomic E-state index is -0.165. The summed E-state index contributed by atoms with van der Waals surface area (Å²) in [4.78, 5) is 22.3. The molecule has 0 bridgehead atoms. The summed E-state index contributed by atoms with van der Waals surface area (Å²) in [5, 5.41) is 1.81. The van der Waals surface area contributed by atoms with Gasteiger partial charge < -0.3 is 0 Å². The lowest BCUT2D eigenvalue weighted by molar-refractivity contribution is 0.968. The number of benzene rings is 1. The van der Waals surface area contributed by atoms with Gasteiger partial charge in [-0.2, -0.15) is 0 Å². The summed E-state index contributed by atoms with van der Waals surface area (Å²) in [6.07, 6.45) is 4.77. The van der Waals surface area contributed by atoms with Crippen LogP contribution in [0.15, 0.2) is 48.2 Å². The molecule has 0 spiro atoms. The monoisotopic (exact) mass is 373 g/mol. The van der Waals surface area contributed by atoms with Crippen molar-refractivity contribution in [2.24, 2.45) is 0 Å². The average molecular weight is 374 g/mol. The summed E-state index contributed by atoms with van der Waals surface area (Å²) in [6, 6.07) is 7.00. The maximum Gasteiger partial charge on any atom is 0.275 e. The Bertz CT molecular complexity index is 1160. The van der Waals surface area contributed by atoms with Crippen molar-refractivity contribution >= 4 is 61.0 Å². The van der Waals surface area contributed by atoms with Crippen LogP contribution in [0.2, 0.25) is 10.0 Å². The van der Waals surface area contributed by atoms with E-state index in [4.69, 9.17) is 23.2 Å². The third kappa shape index (κ3) is 2.24. The summed E-state index contributed by atoms with van der Waals surface area (Å²) in [5.74, 6) is 0. The van der Waals surface area contributed by atoms with Crippen LogP contribution in [0.5, 0.6) is 0 Å². The Kier molecular flexibility index (Phi) is 3.64. The summed E-state index contributed by atoms with van der Waals surface area (Å²) in [5.41, 5.74) is 1.81. The van der Waals surface area contributed by atoms with E-state index in [0.29, 0.717) is 41.7 Å². The van der Waals surface area contributed by atoms with Crippen LogP contribution in [-0.2, 0) is 0 Å². The molecular formula is C17H9Cl2N3OS. The number of hydrogen-bond acceptors (Lipinski definition) is 4. The molecule has 3 heterocycles. The quantitative estimate of drug-likeness (QED) is 0.499. The van der Waals surface area contributed by atoms with Crippen molar-refractivity contribution in [2.45, 2.75) is 0 Å². The normalized spacial score (nSPS) is 11.2. The molecule has 0 fully saturated rings. The molecule has 4 aromatic rings. The van der Waals surface area contributed by atoms with Gasteiger partial charge in [-0.3, -0.25) is 9.36 Å². The van der Waals surface area contributed by atoms with Crippen LogP contribution in [-0.4, -0.2) is 14.5 Å². The van der Waals surface area contributed by atoms with Gasteiger partial charge in [-0.05, 0) is 24.3 Å². The number of halogens is 2. The number of thiophene rings is 1. The highest BCUT2D eigenvalue weighted by molar-refractivity contribution is 7.25. The maximum absolute atomic E-state index is 12.9. The second-order valence-corrected chi connectivity index (χ2v) is 6.90. The molecule has 0 saturated carbocycles. The zero-order valence-corrected chi connectivity index (χ0v) is 14.5. The van der Waals surface area contributed by atoms with Gasteiger partial charge >= 0.3 is 0 Å². The molecule has 4 rings (SSSR count). The van der Waals surface area contributed by atoms with Crippen molar-refractivity contribution in [3.63, 3.8) is 0 Å². The van der Waals surface area contributed by atoms with Gasteiger partial charge in [-0.25, -0.2) is 9.97 Å². The highest BCUT2D eigenvalue weighted by atomic mass is 35.5. The standard InChI is InChI=1S/C17H9Cl2N3OS/c1-2-9-7-20-16-12(13(9)19)14-15(24-16)17(23)22(8-21-14)11-5-3-10(18)4-6-11/h2-8H,1H2. The number of pyridine rings is 1. The lowest BCUT2D eigenvalue weighted by atomic mass is 10.2. The van der Waals surface area contributed by atoms with Gasteiger partial charge in [0.15, 0.2) is 0 Å². The second-order valence-electron chi connectivity index (χ2n) is 5.09. The molecule has 0 aliphatic rings. The molecular weight excluding hydrogens is 365 g/mol. The molecule has 0 radical (unpaired) electrons. The summed E-state index contributed by atoms with van der Waals surface area (Å²) < 4.78 is 1.99. The van der Waals surface area contributed by atoms with E-state index < -0.39 is 0 Å². The molecule has 4 nitrogen and oxygen atoms in total. The zero-order chi connectivity index (χ0) is 16.8. The molecule has 0 unspecified atom stereocenters. The minimum Gasteiger partial charge on any atom is -0.267 e. The molecule has 0 aliphatic heterocycles. The Labute approximate surface area is 150 Å². The lowest BCUT2D eigenvalue weighted by Gasteiger charge is -2.05. The molecule has 1 aromatic carbocycles. The van der Waals surface area contributed by atoms with Crippen molar-refractivity contribution in [1.29, 1.82) is 0 Å². The van der Waals surface area contributed by atoms with Crippen LogP contribution in [0.3, 0.4) is 0 Å².